The van der Waals surface area contributed by atoms with Gasteiger partial charge in [0.25, 0.3) is 5.78 Å². The van der Waals surface area contributed by atoms with Crippen molar-refractivity contribution in [1.82, 2.24) is 39.7 Å². The Balaban J connectivity index is 1.07. The van der Waals surface area contributed by atoms with Crippen molar-refractivity contribution in [3.63, 3.8) is 0 Å². The van der Waals surface area contributed by atoms with Crippen LogP contribution < -0.4 is 5.32 Å². The Morgan fingerprint density at radius 2 is 1.74 bits per heavy atom. The van der Waals surface area contributed by atoms with Crippen LogP contribution in [0.2, 0.25) is 0 Å². The molecule has 1 fully saturated rings. The third kappa shape index (κ3) is 7.20. The number of piperazine rings is 1. The summed E-state index contributed by atoms with van der Waals surface area (Å²) in [5.74, 6) is 0.850. The van der Waals surface area contributed by atoms with Crippen LogP contribution in [-0.4, -0.2) is 85.3 Å². The van der Waals surface area contributed by atoms with Crippen molar-refractivity contribution in [2.45, 2.75) is 38.9 Å². The molecule has 10 heteroatoms. The molecule has 4 heterocycles. The van der Waals surface area contributed by atoms with Crippen molar-refractivity contribution in [1.29, 1.82) is 0 Å². The number of nitrogens with zero attached hydrogens (tertiary/aromatic N) is 7. The standard InChI is InChI=1S/C29H36N8OS/c1-21-6-8-24(9-7-21)17-26-22(2)32-28-33-29(34-37(28)23(26)3)39-20-27(38)31-11-12-35-13-15-36(16-14-35)19-25-5-4-10-30-18-25/h4-10,18H,11-17,19-20H2,1-3H3,(H,31,38). The van der Waals surface area contributed by atoms with Gasteiger partial charge in [-0.3, -0.25) is 19.6 Å². The second-order valence-corrected chi connectivity index (χ2v) is 11.1. The second-order valence-electron chi connectivity index (χ2n) is 10.1. The van der Waals surface area contributed by atoms with Gasteiger partial charge in [0, 0.05) is 76.0 Å². The maximum absolute atomic E-state index is 12.5. The van der Waals surface area contributed by atoms with Crippen LogP contribution in [-0.2, 0) is 17.8 Å². The SMILES string of the molecule is Cc1ccc(Cc2c(C)nc3nc(SCC(=O)NCCN4CCN(Cc5cccnc5)CC4)nn3c2C)cc1. The maximum Gasteiger partial charge on any atom is 0.253 e. The van der Waals surface area contributed by atoms with E-state index >= 15 is 0 Å². The predicted octanol–water partition coefficient (Wildman–Crippen LogP) is 3.06. The summed E-state index contributed by atoms with van der Waals surface area (Å²) in [6, 6.07) is 12.7. The van der Waals surface area contributed by atoms with E-state index in [9.17, 15) is 4.79 Å². The number of thioether (sulfide) groups is 1. The highest BCUT2D eigenvalue weighted by atomic mass is 32.2. The van der Waals surface area contributed by atoms with Gasteiger partial charge in [-0.05, 0) is 43.5 Å². The Bertz CT molecular complexity index is 1400. The molecule has 0 aliphatic carbocycles. The number of hydrogen-bond acceptors (Lipinski definition) is 8. The van der Waals surface area contributed by atoms with E-state index in [-0.39, 0.29) is 11.7 Å². The fourth-order valence-electron chi connectivity index (χ4n) is 4.87. The number of aryl methyl sites for hydroxylation is 3. The topological polar surface area (TPSA) is 91.5 Å². The van der Waals surface area contributed by atoms with Crippen molar-refractivity contribution in [2.24, 2.45) is 0 Å². The van der Waals surface area contributed by atoms with Crippen molar-refractivity contribution < 1.29 is 4.79 Å². The molecule has 0 atom stereocenters. The maximum atomic E-state index is 12.5. The van der Waals surface area contributed by atoms with Crippen molar-refractivity contribution >= 4 is 23.4 Å². The van der Waals surface area contributed by atoms with E-state index in [1.54, 1.807) is 4.52 Å². The molecule has 39 heavy (non-hydrogen) atoms. The van der Waals surface area contributed by atoms with E-state index in [0.29, 0.717) is 17.5 Å². The van der Waals surface area contributed by atoms with Crippen molar-refractivity contribution in [2.75, 3.05) is 45.0 Å². The van der Waals surface area contributed by atoms with Gasteiger partial charge in [-0.1, -0.05) is 47.7 Å². The number of aromatic nitrogens is 5. The van der Waals surface area contributed by atoms with Crippen LogP contribution in [0.3, 0.4) is 0 Å². The van der Waals surface area contributed by atoms with E-state index in [1.165, 1.54) is 28.5 Å². The number of carbonyl (C=O) groups excluding carboxylic acids is 1. The Hall–Kier alpha value is -3.34. The van der Waals surface area contributed by atoms with Crippen LogP contribution in [0.4, 0.5) is 0 Å². The molecule has 0 unspecified atom stereocenters. The van der Waals surface area contributed by atoms with Crippen LogP contribution in [0, 0.1) is 20.8 Å². The van der Waals surface area contributed by atoms with Gasteiger partial charge >= 0.3 is 0 Å². The quantitative estimate of drug-likeness (QED) is 0.305. The Labute approximate surface area is 234 Å². The van der Waals surface area contributed by atoms with Crippen molar-refractivity contribution in [3.05, 3.63) is 82.4 Å². The number of rotatable bonds is 10. The first-order valence-electron chi connectivity index (χ1n) is 13.5. The van der Waals surface area contributed by atoms with E-state index in [4.69, 9.17) is 4.98 Å². The number of carbonyl (C=O) groups is 1. The highest BCUT2D eigenvalue weighted by Crippen LogP contribution is 2.21. The molecule has 1 aliphatic rings. The molecule has 1 saturated heterocycles. The lowest BCUT2D eigenvalue weighted by molar-refractivity contribution is -0.118. The van der Waals surface area contributed by atoms with Crippen LogP contribution in [0.15, 0.2) is 53.9 Å². The summed E-state index contributed by atoms with van der Waals surface area (Å²) in [5, 5.41) is 8.25. The second kappa shape index (κ2) is 12.7. The molecular formula is C29H36N8OS. The molecule has 0 radical (unpaired) electrons. The highest BCUT2D eigenvalue weighted by molar-refractivity contribution is 7.99. The summed E-state index contributed by atoms with van der Waals surface area (Å²) in [7, 11) is 0. The van der Waals surface area contributed by atoms with E-state index in [1.807, 2.05) is 25.4 Å². The molecule has 0 spiro atoms. The first-order chi connectivity index (χ1) is 18.9. The number of pyridine rings is 1. The molecule has 1 aromatic carbocycles. The smallest absolute Gasteiger partial charge is 0.253 e. The van der Waals surface area contributed by atoms with Crippen molar-refractivity contribution in [3.8, 4) is 0 Å². The highest BCUT2D eigenvalue weighted by Gasteiger charge is 2.18. The zero-order valence-electron chi connectivity index (χ0n) is 22.9. The lowest BCUT2D eigenvalue weighted by Crippen LogP contribution is -2.48. The minimum Gasteiger partial charge on any atom is -0.354 e. The van der Waals surface area contributed by atoms with Crippen LogP contribution in [0.5, 0.6) is 0 Å². The Morgan fingerprint density at radius 3 is 2.49 bits per heavy atom. The summed E-state index contributed by atoms with van der Waals surface area (Å²) in [6.45, 7) is 12.7. The van der Waals surface area contributed by atoms with Gasteiger partial charge in [-0.2, -0.15) is 4.98 Å². The number of benzene rings is 1. The van der Waals surface area contributed by atoms with E-state index < -0.39 is 0 Å². The van der Waals surface area contributed by atoms with Crippen LogP contribution in [0.1, 0.15) is 33.6 Å². The fourth-order valence-corrected chi connectivity index (χ4v) is 5.52. The Kier molecular flexibility index (Phi) is 8.85. The number of hydrogen-bond donors (Lipinski definition) is 1. The van der Waals surface area contributed by atoms with Gasteiger partial charge in [0.1, 0.15) is 0 Å². The molecule has 0 bridgehead atoms. The molecule has 4 aromatic rings. The first-order valence-corrected chi connectivity index (χ1v) is 14.4. The molecule has 5 rings (SSSR count). The predicted molar refractivity (Wildman–Crippen MR) is 154 cm³/mol. The largest absolute Gasteiger partial charge is 0.354 e. The summed E-state index contributed by atoms with van der Waals surface area (Å²) >= 11 is 1.35. The average Bonchev–Trinajstić information content (AvgIpc) is 3.35. The summed E-state index contributed by atoms with van der Waals surface area (Å²) in [5.41, 5.74) is 6.88. The average molecular weight is 545 g/mol. The molecule has 204 valence electrons. The van der Waals surface area contributed by atoms with Gasteiger partial charge in [0.05, 0.1) is 5.75 Å². The van der Waals surface area contributed by atoms with E-state index in [0.717, 1.165) is 62.6 Å². The normalized spacial score (nSPS) is 14.6. The zero-order valence-corrected chi connectivity index (χ0v) is 23.7. The van der Waals surface area contributed by atoms with Gasteiger partial charge in [-0.25, -0.2) is 9.50 Å². The lowest BCUT2D eigenvalue weighted by Gasteiger charge is -2.34. The van der Waals surface area contributed by atoms with Crippen LogP contribution >= 0.6 is 11.8 Å². The van der Waals surface area contributed by atoms with Crippen LogP contribution in [0.25, 0.3) is 5.78 Å². The first kappa shape index (κ1) is 27.2. The number of nitrogens with one attached hydrogen (secondary N) is 1. The van der Waals surface area contributed by atoms with Gasteiger partial charge < -0.3 is 5.32 Å². The molecule has 1 amide bonds. The third-order valence-corrected chi connectivity index (χ3v) is 8.05. The van der Waals surface area contributed by atoms with Gasteiger partial charge in [-0.15, -0.1) is 5.10 Å². The van der Waals surface area contributed by atoms with E-state index in [2.05, 4.69) is 74.4 Å². The third-order valence-electron chi connectivity index (χ3n) is 7.21. The fraction of sp³-hybridized carbons (Fsp3) is 0.414. The zero-order chi connectivity index (χ0) is 27.2. The molecular weight excluding hydrogens is 508 g/mol. The van der Waals surface area contributed by atoms with Gasteiger partial charge in [0.15, 0.2) is 0 Å². The molecule has 1 N–H and O–H groups in total. The van der Waals surface area contributed by atoms with Gasteiger partial charge in [0.2, 0.25) is 11.1 Å². The molecule has 3 aromatic heterocycles. The summed E-state index contributed by atoms with van der Waals surface area (Å²) in [4.78, 5) is 30.8. The summed E-state index contributed by atoms with van der Waals surface area (Å²) in [6.07, 6.45) is 4.54. The molecule has 9 nitrogen and oxygen atoms in total. The molecule has 1 aliphatic heterocycles. The Morgan fingerprint density at radius 1 is 0.974 bits per heavy atom. The molecule has 0 saturated carbocycles. The minimum absolute atomic E-state index is 0.00464. The monoisotopic (exact) mass is 544 g/mol. The summed E-state index contributed by atoms with van der Waals surface area (Å²) < 4.78 is 1.80. The number of fused-ring (bicyclic) bond motifs is 1. The number of amides is 1. The lowest BCUT2D eigenvalue weighted by atomic mass is 10.0. The minimum atomic E-state index is -0.00464.